The van der Waals surface area contributed by atoms with Gasteiger partial charge in [0, 0.05) is 17.6 Å². The molecule has 0 aliphatic carbocycles. The summed E-state index contributed by atoms with van der Waals surface area (Å²) in [6.07, 6.45) is 1.12. The van der Waals surface area contributed by atoms with E-state index in [9.17, 15) is 13.2 Å². The Morgan fingerprint density at radius 3 is 2.04 bits per heavy atom. The Morgan fingerprint density at radius 1 is 0.923 bits per heavy atom. The van der Waals surface area contributed by atoms with Gasteiger partial charge < -0.3 is 10.6 Å². The van der Waals surface area contributed by atoms with Crippen molar-refractivity contribution in [2.45, 2.75) is 18.7 Å². The lowest BCUT2D eigenvalue weighted by atomic mass is 10.1. The van der Waals surface area contributed by atoms with E-state index in [2.05, 4.69) is 21.5 Å². The fourth-order valence-electron chi connectivity index (χ4n) is 2.22. The topological polar surface area (TPSA) is 99.3 Å². The first-order valence-electron chi connectivity index (χ1n) is 7.67. The molecule has 4 N–H and O–H groups in total. The van der Waals surface area contributed by atoms with Crippen LogP contribution in [0.4, 0.5) is 16.2 Å². The Bertz CT molecular complexity index is 905. The zero-order valence-electron chi connectivity index (χ0n) is 14.6. The lowest BCUT2D eigenvalue weighted by Gasteiger charge is -2.15. The lowest BCUT2D eigenvalue weighted by molar-refractivity contribution is 0.250. The molecule has 0 aromatic heterocycles. The van der Waals surface area contributed by atoms with Crippen LogP contribution in [0.3, 0.4) is 0 Å². The summed E-state index contributed by atoms with van der Waals surface area (Å²) >= 11 is 5.16. The average Bonchev–Trinajstić information content (AvgIpc) is 2.56. The van der Waals surface area contributed by atoms with Crippen LogP contribution in [0.5, 0.6) is 0 Å². The fraction of sp³-hybridized carbons (Fsp3) is 0.176. The van der Waals surface area contributed by atoms with Gasteiger partial charge in [0.25, 0.3) is 0 Å². The molecule has 26 heavy (non-hydrogen) atoms. The van der Waals surface area contributed by atoms with Crippen LogP contribution in [0.15, 0.2) is 47.4 Å². The van der Waals surface area contributed by atoms with Crippen LogP contribution in [-0.4, -0.2) is 25.8 Å². The zero-order valence-corrected chi connectivity index (χ0v) is 16.2. The molecule has 2 aromatic rings. The number of para-hydroxylation sites is 1. The van der Waals surface area contributed by atoms with Crippen LogP contribution in [-0.2, 0) is 9.84 Å². The minimum absolute atomic E-state index is 0.181. The van der Waals surface area contributed by atoms with Gasteiger partial charge in [-0.3, -0.25) is 5.43 Å². The van der Waals surface area contributed by atoms with Crippen LogP contribution >= 0.6 is 12.2 Å². The molecule has 9 heteroatoms. The lowest BCUT2D eigenvalue weighted by Crippen LogP contribution is -2.45. The number of benzene rings is 2. The molecule has 0 saturated heterocycles. The zero-order chi connectivity index (χ0) is 19.3. The first kappa shape index (κ1) is 19.7. The molecule has 0 spiro atoms. The summed E-state index contributed by atoms with van der Waals surface area (Å²) in [5.74, 6) is 0. The predicted molar refractivity (Wildman–Crippen MR) is 107 cm³/mol. The van der Waals surface area contributed by atoms with Gasteiger partial charge >= 0.3 is 6.03 Å². The number of sulfone groups is 1. The minimum Gasteiger partial charge on any atom is -0.331 e. The van der Waals surface area contributed by atoms with Crippen LogP contribution < -0.4 is 21.5 Å². The van der Waals surface area contributed by atoms with E-state index in [4.69, 9.17) is 12.2 Å². The summed E-state index contributed by atoms with van der Waals surface area (Å²) in [6.45, 7) is 3.91. The first-order valence-corrected chi connectivity index (χ1v) is 9.97. The molecule has 0 fully saturated rings. The fourth-order valence-corrected chi connectivity index (χ4v) is 3.00. The quantitative estimate of drug-likeness (QED) is 0.474. The van der Waals surface area contributed by atoms with E-state index in [-0.39, 0.29) is 10.0 Å². The summed E-state index contributed by atoms with van der Waals surface area (Å²) in [7, 11) is -3.27. The number of hydrazine groups is 1. The SMILES string of the molecule is Cc1cccc(C)c1NC(=S)NNC(=O)Nc1ccc(S(C)(=O)=O)cc1. The highest BCUT2D eigenvalue weighted by atomic mass is 32.2. The first-order chi connectivity index (χ1) is 12.2. The highest BCUT2D eigenvalue weighted by Gasteiger charge is 2.08. The third-order valence-corrected chi connectivity index (χ3v) is 4.88. The second-order valence-corrected chi connectivity index (χ2v) is 8.15. The molecular weight excluding hydrogens is 372 g/mol. The van der Waals surface area contributed by atoms with Gasteiger partial charge in [-0.2, -0.15) is 0 Å². The normalized spacial score (nSPS) is 10.7. The smallest absolute Gasteiger partial charge is 0.331 e. The van der Waals surface area contributed by atoms with E-state index in [1.54, 1.807) is 0 Å². The Kier molecular flexibility index (Phi) is 6.17. The van der Waals surface area contributed by atoms with E-state index in [1.807, 2.05) is 32.0 Å². The number of rotatable bonds is 3. The summed E-state index contributed by atoms with van der Waals surface area (Å²) < 4.78 is 22.8. The van der Waals surface area contributed by atoms with E-state index in [0.29, 0.717) is 5.69 Å². The number of anilines is 2. The second kappa shape index (κ2) is 8.15. The maximum atomic E-state index is 11.9. The number of amides is 2. The van der Waals surface area contributed by atoms with Crippen molar-refractivity contribution in [3.05, 3.63) is 53.6 Å². The van der Waals surface area contributed by atoms with E-state index in [0.717, 1.165) is 23.1 Å². The number of carbonyl (C=O) groups is 1. The molecule has 0 saturated carbocycles. The van der Waals surface area contributed by atoms with Gasteiger partial charge in [-0.1, -0.05) is 18.2 Å². The van der Waals surface area contributed by atoms with Crippen LogP contribution in [0.2, 0.25) is 0 Å². The van der Waals surface area contributed by atoms with Crippen molar-refractivity contribution in [1.82, 2.24) is 10.9 Å². The van der Waals surface area contributed by atoms with Crippen molar-refractivity contribution < 1.29 is 13.2 Å². The standard InChI is InChI=1S/C17H20N4O3S2/c1-11-5-4-6-12(2)15(11)19-17(25)21-20-16(22)18-13-7-9-14(10-8-13)26(3,23)24/h4-10H,1-3H3,(H2,18,20,22)(H2,19,21,25). The van der Waals surface area contributed by atoms with Crippen LogP contribution in [0.25, 0.3) is 0 Å². The largest absolute Gasteiger partial charge is 0.337 e. The Labute approximate surface area is 158 Å². The molecule has 0 aliphatic rings. The maximum Gasteiger partial charge on any atom is 0.337 e. The summed E-state index contributed by atoms with van der Waals surface area (Å²) in [5, 5.41) is 5.84. The third-order valence-electron chi connectivity index (χ3n) is 3.55. The number of urea groups is 1. The Morgan fingerprint density at radius 2 is 1.50 bits per heavy atom. The van der Waals surface area contributed by atoms with Gasteiger partial charge in [0.2, 0.25) is 0 Å². The molecule has 0 atom stereocenters. The Balaban J connectivity index is 1.87. The van der Waals surface area contributed by atoms with Crippen LogP contribution in [0, 0.1) is 13.8 Å². The predicted octanol–water partition coefficient (Wildman–Crippen LogP) is 2.73. The summed E-state index contributed by atoms with van der Waals surface area (Å²) in [6, 6.07) is 11.2. The number of carbonyl (C=O) groups excluding carboxylic acids is 1. The van der Waals surface area contributed by atoms with E-state index < -0.39 is 15.9 Å². The number of thiocarbonyl (C=S) groups is 1. The summed E-state index contributed by atoms with van der Waals surface area (Å²) in [5.41, 5.74) is 8.41. The van der Waals surface area contributed by atoms with Crippen molar-refractivity contribution in [3.8, 4) is 0 Å². The van der Waals surface area contributed by atoms with E-state index >= 15 is 0 Å². The Hall–Kier alpha value is -2.65. The number of hydrogen-bond acceptors (Lipinski definition) is 4. The highest BCUT2D eigenvalue weighted by molar-refractivity contribution is 7.90. The van der Waals surface area contributed by atoms with Crippen LogP contribution in [0.1, 0.15) is 11.1 Å². The molecule has 0 radical (unpaired) electrons. The third kappa shape index (κ3) is 5.43. The van der Waals surface area contributed by atoms with Gasteiger partial charge in [-0.25, -0.2) is 18.6 Å². The monoisotopic (exact) mass is 392 g/mol. The molecule has 0 aliphatic heterocycles. The average molecular weight is 393 g/mol. The molecule has 2 amide bonds. The van der Waals surface area contributed by atoms with Gasteiger partial charge in [0.05, 0.1) is 4.90 Å². The van der Waals surface area contributed by atoms with Gasteiger partial charge in [-0.15, -0.1) is 0 Å². The molecule has 0 unspecified atom stereocenters. The molecular formula is C17H20N4O3S2. The molecule has 0 heterocycles. The van der Waals surface area contributed by atoms with E-state index in [1.165, 1.54) is 24.3 Å². The molecule has 7 nitrogen and oxygen atoms in total. The van der Waals surface area contributed by atoms with Crippen molar-refractivity contribution in [2.75, 3.05) is 16.9 Å². The van der Waals surface area contributed by atoms with Crippen molar-refractivity contribution in [2.24, 2.45) is 0 Å². The second-order valence-electron chi connectivity index (χ2n) is 5.72. The minimum atomic E-state index is -3.27. The molecule has 0 bridgehead atoms. The maximum absolute atomic E-state index is 11.9. The molecule has 2 aromatic carbocycles. The number of aryl methyl sites for hydroxylation is 2. The van der Waals surface area contributed by atoms with Crippen molar-refractivity contribution in [1.29, 1.82) is 0 Å². The van der Waals surface area contributed by atoms with Gasteiger partial charge in [0.15, 0.2) is 14.9 Å². The van der Waals surface area contributed by atoms with Gasteiger partial charge in [-0.05, 0) is 61.5 Å². The molecule has 2 rings (SSSR count). The summed E-state index contributed by atoms with van der Waals surface area (Å²) in [4.78, 5) is 12.1. The number of hydrogen-bond donors (Lipinski definition) is 4. The van der Waals surface area contributed by atoms with Crippen molar-refractivity contribution >= 4 is 44.6 Å². The molecule has 138 valence electrons. The van der Waals surface area contributed by atoms with Crippen molar-refractivity contribution in [3.63, 3.8) is 0 Å². The number of nitrogens with one attached hydrogen (secondary N) is 4. The van der Waals surface area contributed by atoms with Gasteiger partial charge in [0.1, 0.15) is 0 Å². The highest BCUT2D eigenvalue weighted by Crippen LogP contribution is 2.19.